The van der Waals surface area contributed by atoms with Gasteiger partial charge in [-0.05, 0) is 19.9 Å². The molecule has 3 nitrogen and oxygen atoms in total. The summed E-state index contributed by atoms with van der Waals surface area (Å²) in [4.78, 5) is 2.33. The van der Waals surface area contributed by atoms with Gasteiger partial charge >= 0.3 is 0 Å². The molecule has 1 fully saturated rings. The minimum absolute atomic E-state index is 0.193. The number of nitrogens with one attached hydrogen (secondary N) is 1. The summed E-state index contributed by atoms with van der Waals surface area (Å²) in [5.41, 5.74) is 0. The van der Waals surface area contributed by atoms with Gasteiger partial charge in [0.2, 0.25) is 0 Å². The molecule has 0 aromatic rings. The van der Waals surface area contributed by atoms with E-state index in [1.54, 1.807) is 0 Å². The van der Waals surface area contributed by atoms with E-state index in [0.717, 1.165) is 26.2 Å². The van der Waals surface area contributed by atoms with Gasteiger partial charge in [-0.1, -0.05) is 6.92 Å². The Bertz CT molecular complexity index is 118. The lowest BCUT2D eigenvalue weighted by atomic mass is 10.3. The zero-order chi connectivity index (χ0) is 8.97. The monoisotopic (exact) mass is 172 g/mol. The molecule has 0 amide bonds. The molecule has 1 saturated heterocycles. The van der Waals surface area contributed by atoms with Crippen molar-refractivity contribution in [2.75, 3.05) is 26.2 Å². The first-order chi connectivity index (χ1) is 5.72. The molecule has 72 valence electrons. The third-order valence-corrected chi connectivity index (χ3v) is 2.24. The van der Waals surface area contributed by atoms with E-state index in [1.165, 1.54) is 6.42 Å². The van der Waals surface area contributed by atoms with Crippen LogP contribution in [0.2, 0.25) is 0 Å². The highest BCUT2D eigenvalue weighted by Crippen LogP contribution is 2.01. The van der Waals surface area contributed by atoms with Gasteiger partial charge in [-0.15, -0.1) is 0 Å². The van der Waals surface area contributed by atoms with Gasteiger partial charge in [-0.3, -0.25) is 4.90 Å². The number of nitrogens with zero attached hydrogens (tertiary/aromatic N) is 1. The largest absolute Gasteiger partial charge is 0.390 e. The van der Waals surface area contributed by atoms with Crippen molar-refractivity contribution in [3.63, 3.8) is 0 Å². The Kier molecular flexibility index (Phi) is 3.98. The molecular formula is C9H20N2O. The van der Waals surface area contributed by atoms with Gasteiger partial charge in [0.1, 0.15) is 0 Å². The summed E-state index contributed by atoms with van der Waals surface area (Å²) in [5, 5.41) is 12.8. The van der Waals surface area contributed by atoms with Crippen LogP contribution in [0.25, 0.3) is 0 Å². The van der Waals surface area contributed by atoms with Crippen LogP contribution in [0.5, 0.6) is 0 Å². The second-order valence-electron chi connectivity index (χ2n) is 3.72. The molecule has 1 aliphatic heterocycles. The van der Waals surface area contributed by atoms with Crippen LogP contribution in [0.15, 0.2) is 0 Å². The van der Waals surface area contributed by atoms with Crippen LogP contribution in [0.4, 0.5) is 0 Å². The molecule has 2 atom stereocenters. The molecule has 2 N–H and O–H groups in total. The van der Waals surface area contributed by atoms with E-state index in [2.05, 4.69) is 24.1 Å². The molecule has 0 bridgehead atoms. The van der Waals surface area contributed by atoms with Crippen molar-refractivity contribution in [2.24, 2.45) is 0 Å². The summed E-state index contributed by atoms with van der Waals surface area (Å²) in [7, 11) is 0. The highest BCUT2D eigenvalue weighted by atomic mass is 16.3. The number of aliphatic hydroxyl groups is 1. The lowest BCUT2D eigenvalue weighted by molar-refractivity contribution is 0.130. The van der Waals surface area contributed by atoms with Crippen LogP contribution in [0.3, 0.4) is 0 Å². The van der Waals surface area contributed by atoms with Crippen molar-refractivity contribution in [3.8, 4) is 0 Å². The second kappa shape index (κ2) is 4.80. The molecule has 12 heavy (non-hydrogen) atoms. The van der Waals surface area contributed by atoms with Crippen LogP contribution < -0.4 is 5.32 Å². The van der Waals surface area contributed by atoms with Crippen molar-refractivity contribution < 1.29 is 5.11 Å². The maximum absolute atomic E-state index is 9.50. The Labute approximate surface area is 74.8 Å². The van der Waals surface area contributed by atoms with Gasteiger partial charge in [0.05, 0.1) is 6.10 Å². The molecule has 0 radical (unpaired) electrons. The van der Waals surface area contributed by atoms with E-state index < -0.39 is 0 Å². The fraction of sp³-hybridized carbons (Fsp3) is 1.00. The lowest BCUT2D eigenvalue weighted by Crippen LogP contribution is -2.35. The molecule has 0 aromatic heterocycles. The SMILES string of the molecule is CCCN1CC(O)CNC(C)C1. The van der Waals surface area contributed by atoms with Crippen molar-refractivity contribution >= 4 is 0 Å². The van der Waals surface area contributed by atoms with E-state index in [9.17, 15) is 5.11 Å². The van der Waals surface area contributed by atoms with Crippen LogP contribution in [-0.4, -0.2) is 48.3 Å². The highest BCUT2D eigenvalue weighted by molar-refractivity contribution is 4.77. The first kappa shape index (κ1) is 9.96. The molecule has 0 aromatic carbocycles. The zero-order valence-corrected chi connectivity index (χ0v) is 8.08. The standard InChI is InChI=1S/C9H20N2O/c1-3-4-11-6-8(2)10-5-9(12)7-11/h8-10,12H,3-7H2,1-2H3. The number of hydrogen-bond acceptors (Lipinski definition) is 3. The molecule has 0 spiro atoms. The van der Waals surface area contributed by atoms with Crippen LogP contribution in [0, 0.1) is 0 Å². The molecule has 1 aliphatic rings. The molecule has 3 heteroatoms. The molecule has 0 saturated carbocycles. The summed E-state index contributed by atoms with van der Waals surface area (Å²) in [6.45, 7) is 8.07. The lowest BCUT2D eigenvalue weighted by Gasteiger charge is -2.22. The van der Waals surface area contributed by atoms with E-state index in [4.69, 9.17) is 0 Å². The maximum Gasteiger partial charge on any atom is 0.0791 e. The normalized spacial score (nSPS) is 33.2. The third kappa shape index (κ3) is 3.09. The van der Waals surface area contributed by atoms with Crippen LogP contribution >= 0.6 is 0 Å². The molecular weight excluding hydrogens is 152 g/mol. The summed E-state index contributed by atoms with van der Waals surface area (Å²) >= 11 is 0. The second-order valence-corrected chi connectivity index (χ2v) is 3.72. The van der Waals surface area contributed by atoms with Crippen LogP contribution in [-0.2, 0) is 0 Å². The third-order valence-electron chi connectivity index (χ3n) is 2.24. The van der Waals surface area contributed by atoms with Gasteiger partial charge in [0, 0.05) is 25.7 Å². The average Bonchev–Trinajstić information content (AvgIpc) is 2.14. The van der Waals surface area contributed by atoms with Gasteiger partial charge in [0.15, 0.2) is 0 Å². The minimum atomic E-state index is -0.193. The predicted octanol–water partition coefficient (Wildman–Crippen LogP) is 0.0510. The first-order valence-electron chi connectivity index (χ1n) is 4.86. The molecule has 1 heterocycles. The Balaban J connectivity index is 2.38. The van der Waals surface area contributed by atoms with Crippen molar-refractivity contribution in [1.29, 1.82) is 0 Å². The number of β-amino-alcohol motifs (C(OH)–C–C–N with tert-alkyl or cyclic N) is 1. The number of rotatable bonds is 2. The number of hydrogen-bond donors (Lipinski definition) is 2. The Hall–Kier alpha value is -0.120. The Morgan fingerprint density at radius 1 is 1.50 bits per heavy atom. The maximum atomic E-state index is 9.50. The average molecular weight is 172 g/mol. The van der Waals surface area contributed by atoms with E-state index in [-0.39, 0.29) is 6.10 Å². The molecule has 0 aliphatic carbocycles. The summed E-state index contributed by atoms with van der Waals surface area (Å²) in [6, 6.07) is 0.508. The highest BCUT2D eigenvalue weighted by Gasteiger charge is 2.18. The van der Waals surface area contributed by atoms with E-state index >= 15 is 0 Å². The van der Waals surface area contributed by atoms with Crippen LogP contribution in [0.1, 0.15) is 20.3 Å². The van der Waals surface area contributed by atoms with Gasteiger partial charge in [0.25, 0.3) is 0 Å². The minimum Gasteiger partial charge on any atom is -0.390 e. The fourth-order valence-electron chi connectivity index (χ4n) is 1.73. The smallest absolute Gasteiger partial charge is 0.0791 e. The molecule has 2 unspecified atom stereocenters. The summed E-state index contributed by atoms with van der Waals surface area (Å²) in [5.74, 6) is 0. The van der Waals surface area contributed by atoms with Gasteiger partial charge < -0.3 is 10.4 Å². The topological polar surface area (TPSA) is 35.5 Å². The van der Waals surface area contributed by atoms with E-state index in [1.807, 2.05) is 0 Å². The predicted molar refractivity (Wildman–Crippen MR) is 50.2 cm³/mol. The van der Waals surface area contributed by atoms with E-state index in [0.29, 0.717) is 6.04 Å². The van der Waals surface area contributed by atoms with Gasteiger partial charge in [-0.25, -0.2) is 0 Å². The summed E-state index contributed by atoms with van der Waals surface area (Å²) < 4.78 is 0. The molecule has 1 rings (SSSR count). The Morgan fingerprint density at radius 2 is 2.25 bits per heavy atom. The first-order valence-corrected chi connectivity index (χ1v) is 4.86. The van der Waals surface area contributed by atoms with Crippen molar-refractivity contribution in [1.82, 2.24) is 10.2 Å². The van der Waals surface area contributed by atoms with Crippen molar-refractivity contribution in [2.45, 2.75) is 32.4 Å². The Morgan fingerprint density at radius 3 is 2.92 bits per heavy atom. The quantitative estimate of drug-likeness (QED) is 0.618. The fourth-order valence-corrected chi connectivity index (χ4v) is 1.73. The summed E-state index contributed by atoms with van der Waals surface area (Å²) in [6.07, 6.45) is 0.973. The number of aliphatic hydroxyl groups excluding tert-OH is 1. The zero-order valence-electron chi connectivity index (χ0n) is 8.08. The van der Waals surface area contributed by atoms with Crippen molar-refractivity contribution in [3.05, 3.63) is 0 Å². The van der Waals surface area contributed by atoms with Gasteiger partial charge in [-0.2, -0.15) is 0 Å².